The Hall–Kier alpha value is -1.43. The summed E-state index contributed by atoms with van der Waals surface area (Å²) in [7, 11) is 0. The molecule has 0 spiro atoms. The summed E-state index contributed by atoms with van der Waals surface area (Å²) < 4.78 is 43.0. The number of benzene rings is 1. The van der Waals surface area contributed by atoms with Crippen molar-refractivity contribution >= 4 is 0 Å². The molecule has 21 heavy (non-hydrogen) atoms. The van der Waals surface area contributed by atoms with Crippen molar-refractivity contribution in [3.05, 3.63) is 23.8 Å². The molecule has 0 bridgehead atoms. The molecule has 0 fully saturated rings. The third-order valence-corrected chi connectivity index (χ3v) is 3.02. The number of phenols is 1. The molecule has 0 radical (unpaired) electrons. The van der Waals surface area contributed by atoms with Crippen molar-refractivity contribution in [2.24, 2.45) is 0 Å². The van der Waals surface area contributed by atoms with E-state index in [1.54, 1.807) is 26.0 Å². The second kappa shape index (κ2) is 7.54. The van der Waals surface area contributed by atoms with Gasteiger partial charge in [0.25, 0.3) is 0 Å². The molecule has 0 saturated carbocycles. The zero-order valence-corrected chi connectivity index (χ0v) is 12.6. The van der Waals surface area contributed by atoms with Crippen LogP contribution in [-0.4, -0.2) is 35.4 Å². The molecule has 3 nitrogen and oxygen atoms in total. The zero-order chi connectivity index (χ0) is 16.0. The molecule has 0 unspecified atom stereocenters. The number of halogens is 3. The highest BCUT2D eigenvalue weighted by Gasteiger charge is 2.32. The van der Waals surface area contributed by atoms with Crippen LogP contribution in [0.25, 0.3) is 0 Å². The van der Waals surface area contributed by atoms with Crippen molar-refractivity contribution in [3.63, 3.8) is 0 Å². The van der Waals surface area contributed by atoms with E-state index in [0.717, 1.165) is 6.42 Å². The van der Waals surface area contributed by atoms with E-state index in [4.69, 9.17) is 4.74 Å². The minimum atomic E-state index is -4.26. The molecule has 0 heterocycles. The van der Waals surface area contributed by atoms with E-state index in [1.165, 1.54) is 11.0 Å². The lowest BCUT2D eigenvalue weighted by atomic mass is 10.1. The van der Waals surface area contributed by atoms with Gasteiger partial charge in [-0.15, -0.1) is 0 Å². The van der Waals surface area contributed by atoms with E-state index in [0.29, 0.717) is 17.9 Å². The number of nitrogens with zero attached hydrogens (tertiary/aromatic N) is 1. The van der Waals surface area contributed by atoms with Gasteiger partial charge in [0.05, 0.1) is 13.2 Å². The van der Waals surface area contributed by atoms with E-state index in [9.17, 15) is 18.3 Å². The Balaban J connectivity index is 2.79. The smallest absolute Gasteiger partial charge is 0.401 e. The normalized spacial score (nSPS) is 12.2. The summed E-state index contributed by atoms with van der Waals surface area (Å²) in [4.78, 5) is 1.27. The topological polar surface area (TPSA) is 32.7 Å². The lowest BCUT2D eigenvalue weighted by Gasteiger charge is -2.27. The van der Waals surface area contributed by atoms with Crippen LogP contribution in [0, 0.1) is 0 Å². The molecule has 6 heteroatoms. The van der Waals surface area contributed by atoms with Gasteiger partial charge in [0.15, 0.2) is 0 Å². The van der Waals surface area contributed by atoms with Crippen LogP contribution in [0.3, 0.4) is 0 Å². The van der Waals surface area contributed by atoms with Crippen molar-refractivity contribution in [2.45, 2.75) is 46.0 Å². The van der Waals surface area contributed by atoms with Gasteiger partial charge in [-0.25, -0.2) is 0 Å². The monoisotopic (exact) mass is 305 g/mol. The number of hydrogen-bond acceptors (Lipinski definition) is 3. The Kier molecular flexibility index (Phi) is 6.33. The van der Waals surface area contributed by atoms with Crippen LogP contribution in [0.5, 0.6) is 11.5 Å². The maximum atomic E-state index is 12.5. The predicted molar refractivity (Wildman–Crippen MR) is 75.5 cm³/mol. The number of ether oxygens (including phenoxy) is 1. The standard InChI is InChI=1S/C15H22F3NO2/c1-4-7-21-13-6-5-12(14(20)8-13)9-19(11(2)3)10-15(16,17)18/h5-6,8,11,20H,4,7,9-10H2,1-3H3. The maximum Gasteiger partial charge on any atom is 0.401 e. The second-order valence-corrected chi connectivity index (χ2v) is 5.25. The fourth-order valence-electron chi connectivity index (χ4n) is 1.86. The second-order valence-electron chi connectivity index (χ2n) is 5.25. The first-order valence-electron chi connectivity index (χ1n) is 6.98. The van der Waals surface area contributed by atoms with Crippen molar-refractivity contribution in [1.82, 2.24) is 4.90 Å². The fraction of sp³-hybridized carbons (Fsp3) is 0.600. The van der Waals surface area contributed by atoms with Gasteiger partial charge in [-0.3, -0.25) is 4.90 Å². The highest BCUT2D eigenvalue weighted by Crippen LogP contribution is 2.27. The largest absolute Gasteiger partial charge is 0.507 e. The SMILES string of the molecule is CCCOc1ccc(CN(CC(F)(F)F)C(C)C)c(O)c1. The minimum Gasteiger partial charge on any atom is -0.507 e. The van der Waals surface area contributed by atoms with Crippen LogP contribution in [0.15, 0.2) is 18.2 Å². The summed E-state index contributed by atoms with van der Waals surface area (Å²) in [5.41, 5.74) is 0.455. The van der Waals surface area contributed by atoms with E-state index < -0.39 is 12.7 Å². The molecule has 1 aromatic rings. The lowest BCUT2D eigenvalue weighted by Crippen LogP contribution is -2.38. The summed E-state index contributed by atoms with van der Waals surface area (Å²) in [6, 6.07) is 4.43. The summed E-state index contributed by atoms with van der Waals surface area (Å²) in [6.45, 7) is 4.93. The van der Waals surface area contributed by atoms with Gasteiger partial charge < -0.3 is 9.84 Å². The van der Waals surface area contributed by atoms with Crippen LogP contribution in [0.1, 0.15) is 32.8 Å². The van der Waals surface area contributed by atoms with Gasteiger partial charge in [0, 0.05) is 24.2 Å². The van der Waals surface area contributed by atoms with Crippen molar-refractivity contribution in [3.8, 4) is 11.5 Å². The van der Waals surface area contributed by atoms with E-state index in [2.05, 4.69) is 0 Å². The fourth-order valence-corrected chi connectivity index (χ4v) is 1.86. The summed E-state index contributed by atoms with van der Waals surface area (Å²) >= 11 is 0. The van der Waals surface area contributed by atoms with E-state index in [1.807, 2.05) is 6.92 Å². The summed E-state index contributed by atoms with van der Waals surface area (Å²) in [5.74, 6) is 0.474. The number of phenolic OH excluding ortho intramolecular Hbond substituents is 1. The van der Waals surface area contributed by atoms with E-state index >= 15 is 0 Å². The molecule has 120 valence electrons. The maximum absolute atomic E-state index is 12.5. The van der Waals surface area contributed by atoms with Crippen LogP contribution in [-0.2, 0) is 6.54 Å². The first-order valence-corrected chi connectivity index (χ1v) is 6.98. The molecule has 0 atom stereocenters. The van der Waals surface area contributed by atoms with Crippen LogP contribution in [0.2, 0.25) is 0 Å². The van der Waals surface area contributed by atoms with Crippen molar-refractivity contribution in [1.29, 1.82) is 0 Å². The van der Waals surface area contributed by atoms with Gasteiger partial charge >= 0.3 is 6.18 Å². The molecule has 1 aromatic carbocycles. The van der Waals surface area contributed by atoms with Crippen molar-refractivity contribution < 1.29 is 23.0 Å². The van der Waals surface area contributed by atoms with Gasteiger partial charge in [-0.2, -0.15) is 13.2 Å². The highest BCUT2D eigenvalue weighted by atomic mass is 19.4. The minimum absolute atomic E-state index is 0.0388. The molecule has 0 amide bonds. The van der Waals surface area contributed by atoms with E-state index in [-0.39, 0.29) is 18.3 Å². The summed E-state index contributed by atoms with van der Waals surface area (Å²) in [6.07, 6.45) is -3.42. The molecule has 1 N–H and O–H groups in total. The number of alkyl halides is 3. The average Bonchev–Trinajstić information content (AvgIpc) is 2.36. The Bertz CT molecular complexity index is 447. The first kappa shape index (κ1) is 17.6. The van der Waals surface area contributed by atoms with Gasteiger partial charge in [-0.05, 0) is 26.3 Å². The number of hydrogen-bond donors (Lipinski definition) is 1. The molecule has 0 aromatic heterocycles. The van der Waals surface area contributed by atoms with Crippen LogP contribution < -0.4 is 4.74 Å². The van der Waals surface area contributed by atoms with Crippen LogP contribution >= 0.6 is 0 Å². The highest BCUT2D eigenvalue weighted by molar-refractivity contribution is 5.39. The molecular weight excluding hydrogens is 283 g/mol. The Morgan fingerprint density at radius 3 is 2.43 bits per heavy atom. The molecule has 1 rings (SSSR count). The predicted octanol–water partition coefficient (Wildman–Crippen LogP) is 3.95. The average molecular weight is 305 g/mol. The van der Waals surface area contributed by atoms with Crippen LogP contribution in [0.4, 0.5) is 13.2 Å². The zero-order valence-electron chi connectivity index (χ0n) is 12.6. The summed E-state index contributed by atoms with van der Waals surface area (Å²) in [5, 5.41) is 9.93. The molecule has 0 aliphatic heterocycles. The number of rotatable bonds is 7. The molecule has 0 aliphatic carbocycles. The third-order valence-electron chi connectivity index (χ3n) is 3.02. The Morgan fingerprint density at radius 1 is 1.29 bits per heavy atom. The first-order chi connectivity index (χ1) is 9.73. The molecule has 0 aliphatic rings. The molecule has 0 saturated heterocycles. The Morgan fingerprint density at radius 2 is 1.95 bits per heavy atom. The third kappa shape index (κ3) is 6.25. The molecular formula is C15H22F3NO2. The lowest BCUT2D eigenvalue weighted by molar-refractivity contribution is -0.150. The quantitative estimate of drug-likeness (QED) is 0.828. The Labute approximate surface area is 123 Å². The van der Waals surface area contributed by atoms with Crippen molar-refractivity contribution in [2.75, 3.05) is 13.2 Å². The van der Waals surface area contributed by atoms with Gasteiger partial charge in [0.1, 0.15) is 11.5 Å². The van der Waals surface area contributed by atoms with Gasteiger partial charge in [0.2, 0.25) is 0 Å². The van der Waals surface area contributed by atoms with Gasteiger partial charge in [-0.1, -0.05) is 13.0 Å². The number of aromatic hydroxyl groups is 1.